The first-order valence-electron chi connectivity index (χ1n) is 5.63. The molecule has 0 fully saturated rings. The average molecular weight is 219 g/mol. The molecule has 1 N–H and O–H groups in total. The molecular weight excluding hydrogens is 198 g/mol. The van der Waals surface area contributed by atoms with Crippen LogP contribution in [0.5, 0.6) is 0 Å². The molecule has 0 aliphatic carbocycles. The normalized spacial score (nSPS) is 11.4. The SMILES string of the molecule is C=CCOC(C)(C)CNCc1ccccc1. The molecule has 0 radical (unpaired) electrons. The third kappa shape index (κ3) is 5.10. The van der Waals surface area contributed by atoms with Crippen molar-refractivity contribution in [2.75, 3.05) is 13.2 Å². The Kier molecular flexibility index (Phi) is 5.23. The summed E-state index contributed by atoms with van der Waals surface area (Å²) in [6.07, 6.45) is 1.78. The van der Waals surface area contributed by atoms with E-state index < -0.39 is 0 Å². The maximum atomic E-state index is 5.64. The van der Waals surface area contributed by atoms with Crippen molar-refractivity contribution in [2.45, 2.75) is 26.0 Å². The molecule has 0 bridgehead atoms. The van der Waals surface area contributed by atoms with Gasteiger partial charge in [0.05, 0.1) is 12.2 Å². The molecule has 0 atom stereocenters. The minimum absolute atomic E-state index is 0.150. The summed E-state index contributed by atoms with van der Waals surface area (Å²) >= 11 is 0. The molecule has 0 saturated carbocycles. The zero-order valence-corrected chi connectivity index (χ0v) is 10.2. The summed E-state index contributed by atoms with van der Waals surface area (Å²) in [5, 5.41) is 3.39. The maximum absolute atomic E-state index is 5.64. The average Bonchev–Trinajstić information content (AvgIpc) is 2.28. The molecule has 2 nitrogen and oxygen atoms in total. The molecule has 0 aliphatic heterocycles. The van der Waals surface area contributed by atoms with Gasteiger partial charge in [-0.25, -0.2) is 0 Å². The van der Waals surface area contributed by atoms with Crippen LogP contribution in [0.25, 0.3) is 0 Å². The number of rotatable bonds is 7. The van der Waals surface area contributed by atoms with Crippen molar-refractivity contribution in [3.05, 3.63) is 48.6 Å². The zero-order chi connectivity index (χ0) is 11.9. The molecule has 2 heteroatoms. The Balaban J connectivity index is 2.27. The maximum Gasteiger partial charge on any atom is 0.0754 e. The first-order chi connectivity index (χ1) is 7.64. The standard InChI is InChI=1S/C14H21NO/c1-4-10-16-14(2,3)12-15-11-13-8-6-5-7-9-13/h4-9,15H,1,10-12H2,2-3H3. The van der Waals surface area contributed by atoms with Gasteiger partial charge >= 0.3 is 0 Å². The fourth-order valence-electron chi connectivity index (χ4n) is 1.44. The molecule has 0 aromatic heterocycles. The van der Waals surface area contributed by atoms with Crippen molar-refractivity contribution in [2.24, 2.45) is 0 Å². The van der Waals surface area contributed by atoms with Crippen LogP contribution in [-0.2, 0) is 11.3 Å². The van der Waals surface area contributed by atoms with E-state index in [0.29, 0.717) is 6.61 Å². The van der Waals surface area contributed by atoms with Crippen molar-refractivity contribution < 1.29 is 4.74 Å². The monoisotopic (exact) mass is 219 g/mol. The Hall–Kier alpha value is -1.12. The quantitative estimate of drug-likeness (QED) is 0.712. The summed E-state index contributed by atoms with van der Waals surface area (Å²) in [5.74, 6) is 0. The summed E-state index contributed by atoms with van der Waals surface area (Å²) in [5.41, 5.74) is 1.14. The molecule has 1 aromatic rings. The van der Waals surface area contributed by atoms with Crippen LogP contribution in [0, 0.1) is 0 Å². The number of hydrogen-bond donors (Lipinski definition) is 1. The van der Waals surface area contributed by atoms with Crippen LogP contribution in [0.2, 0.25) is 0 Å². The molecule has 0 spiro atoms. The number of benzene rings is 1. The fourth-order valence-corrected chi connectivity index (χ4v) is 1.44. The molecule has 0 amide bonds. The smallest absolute Gasteiger partial charge is 0.0754 e. The number of nitrogens with one attached hydrogen (secondary N) is 1. The molecule has 0 saturated heterocycles. The summed E-state index contributed by atoms with van der Waals surface area (Å²) < 4.78 is 5.64. The van der Waals surface area contributed by atoms with Crippen molar-refractivity contribution in [1.29, 1.82) is 0 Å². The second kappa shape index (κ2) is 6.46. The molecule has 0 heterocycles. The lowest BCUT2D eigenvalue weighted by molar-refractivity contribution is 0.000110. The van der Waals surface area contributed by atoms with Gasteiger partial charge in [0.2, 0.25) is 0 Å². The van der Waals surface area contributed by atoms with E-state index in [1.54, 1.807) is 6.08 Å². The zero-order valence-electron chi connectivity index (χ0n) is 10.2. The van der Waals surface area contributed by atoms with E-state index in [9.17, 15) is 0 Å². The second-order valence-corrected chi connectivity index (χ2v) is 4.45. The van der Waals surface area contributed by atoms with E-state index >= 15 is 0 Å². The summed E-state index contributed by atoms with van der Waals surface area (Å²) in [6, 6.07) is 10.4. The van der Waals surface area contributed by atoms with Gasteiger partial charge in [-0.15, -0.1) is 6.58 Å². The fraction of sp³-hybridized carbons (Fsp3) is 0.429. The van der Waals surface area contributed by atoms with Crippen molar-refractivity contribution >= 4 is 0 Å². The molecule has 88 valence electrons. The van der Waals surface area contributed by atoms with Gasteiger partial charge in [-0.1, -0.05) is 36.4 Å². The Morgan fingerprint density at radius 1 is 1.31 bits per heavy atom. The van der Waals surface area contributed by atoms with E-state index in [1.165, 1.54) is 5.56 Å². The number of ether oxygens (including phenoxy) is 1. The topological polar surface area (TPSA) is 21.3 Å². The van der Waals surface area contributed by atoms with E-state index in [1.807, 2.05) is 6.07 Å². The van der Waals surface area contributed by atoms with Crippen LogP contribution in [0.1, 0.15) is 19.4 Å². The van der Waals surface area contributed by atoms with Crippen molar-refractivity contribution in [3.8, 4) is 0 Å². The van der Waals surface area contributed by atoms with Crippen LogP contribution in [0.15, 0.2) is 43.0 Å². The predicted octanol–water partition coefficient (Wildman–Crippen LogP) is 2.76. The third-order valence-corrected chi connectivity index (χ3v) is 2.31. The first kappa shape index (κ1) is 12.9. The van der Waals surface area contributed by atoms with Gasteiger partial charge in [-0.3, -0.25) is 0 Å². The van der Waals surface area contributed by atoms with Crippen LogP contribution in [-0.4, -0.2) is 18.8 Å². The Morgan fingerprint density at radius 2 is 2.00 bits per heavy atom. The largest absolute Gasteiger partial charge is 0.370 e. The lowest BCUT2D eigenvalue weighted by Crippen LogP contribution is -2.37. The lowest BCUT2D eigenvalue weighted by atomic mass is 10.1. The van der Waals surface area contributed by atoms with Gasteiger partial charge < -0.3 is 10.1 Å². The minimum atomic E-state index is -0.150. The van der Waals surface area contributed by atoms with E-state index in [2.05, 4.69) is 50.0 Å². The predicted molar refractivity (Wildman–Crippen MR) is 68.4 cm³/mol. The highest BCUT2D eigenvalue weighted by Gasteiger charge is 2.16. The molecular formula is C14H21NO. The summed E-state index contributed by atoms with van der Waals surface area (Å²) in [7, 11) is 0. The third-order valence-electron chi connectivity index (χ3n) is 2.31. The van der Waals surface area contributed by atoms with Gasteiger partial charge in [-0.05, 0) is 19.4 Å². The van der Waals surface area contributed by atoms with Crippen molar-refractivity contribution in [1.82, 2.24) is 5.32 Å². The highest BCUT2D eigenvalue weighted by atomic mass is 16.5. The summed E-state index contributed by atoms with van der Waals surface area (Å²) in [4.78, 5) is 0. The van der Waals surface area contributed by atoms with Crippen LogP contribution >= 0.6 is 0 Å². The highest BCUT2D eigenvalue weighted by molar-refractivity contribution is 5.14. The molecule has 1 rings (SSSR count). The Morgan fingerprint density at radius 3 is 2.62 bits per heavy atom. The van der Waals surface area contributed by atoms with Gasteiger partial charge in [0.15, 0.2) is 0 Å². The van der Waals surface area contributed by atoms with E-state index in [0.717, 1.165) is 13.1 Å². The Labute approximate surface area is 98.3 Å². The Bertz CT molecular complexity index is 306. The highest BCUT2D eigenvalue weighted by Crippen LogP contribution is 2.07. The first-order valence-corrected chi connectivity index (χ1v) is 5.63. The van der Waals surface area contributed by atoms with Gasteiger partial charge in [0, 0.05) is 13.1 Å². The minimum Gasteiger partial charge on any atom is -0.370 e. The van der Waals surface area contributed by atoms with Crippen LogP contribution in [0.4, 0.5) is 0 Å². The van der Waals surface area contributed by atoms with Gasteiger partial charge in [-0.2, -0.15) is 0 Å². The summed E-state index contributed by atoms with van der Waals surface area (Å²) in [6.45, 7) is 10.1. The lowest BCUT2D eigenvalue weighted by Gasteiger charge is -2.25. The molecule has 1 aromatic carbocycles. The van der Waals surface area contributed by atoms with Crippen LogP contribution < -0.4 is 5.32 Å². The molecule has 16 heavy (non-hydrogen) atoms. The van der Waals surface area contributed by atoms with Gasteiger partial charge in [0.1, 0.15) is 0 Å². The molecule has 0 aliphatic rings. The number of hydrogen-bond acceptors (Lipinski definition) is 2. The van der Waals surface area contributed by atoms with E-state index in [4.69, 9.17) is 4.74 Å². The van der Waals surface area contributed by atoms with E-state index in [-0.39, 0.29) is 5.60 Å². The van der Waals surface area contributed by atoms with Crippen LogP contribution in [0.3, 0.4) is 0 Å². The van der Waals surface area contributed by atoms with Gasteiger partial charge in [0.25, 0.3) is 0 Å². The van der Waals surface area contributed by atoms with Crippen molar-refractivity contribution in [3.63, 3.8) is 0 Å². The molecule has 0 unspecified atom stereocenters. The second-order valence-electron chi connectivity index (χ2n) is 4.45.